The highest BCUT2D eigenvalue weighted by molar-refractivity contribution is 5.94. The van der Waals surface area contributed by atoms with Crippen LogP contribution in [0.1, 0.15) is 16.8 Å². The Labute approximate surface area is 114 Å². The molecule has 20 heavy (non-hydrogen) atoms. The third-order valence-corrected chi connectivity index (χ3v) is 2.61. The van der Waals surface area contributed by atoms with Gasteiger partial charge in [-0.3, -0.25) is 4.79 Å². The Morgan fingerprint density at radius 2 is 2.00 bits per heavy atom. The first-order valence-corrected chi connectivity index (χ1v) is 5.81. The lowest BCUT2D eigenvalue weighted by Gasteiger charge is -2.21. The Morgan fingerprint density at radius 3 is 2.60 bits per heavy atom. The van der Waals surface area contributed by atoms with E-state index in [2.05, 4.69) is 0 Å². The van der Waals surface area contributed by atoms with Crippen molar-refractivity contribution >= 4 is 5.91 Å². The largest absolute Gasteiger partial charge is 0.383 e. The minimum Gasteiger partial charge on any atom is -0.383 e. The molecule has 1 rings (SSSR count). The third-order valence-electron chi connectivity index (χ3n) is 2.61. The molecule has 0 unspecified atom stereocenters. The van der Waals surface area contributed by atoms with Gasteiger partial charge >= 0.3 is 0 Å². The summed E-state index contributed by atoms with van der Waals surface area (Å²) >= 11 is 0. The molecule has 0 saturated heterocycles. The zero-order valence-corrected chi connectivity index (χ0v) is 10.8. The molecule has 4 nitrogen and oxygen atoms in total. The molecular formula is C13H13F3N2O2. The first-order chi connectivity index (χ1) is 9.52. The highest BCUT2D eigenvalue weighted by atomic mass is 19.2. The quantitative estimate of drug-likeness (QED) is 0.753. The van der Waals surface area contributed by atoms with Gasteiger partial charge in [-0.15, -0.1) is 0 Å². The van der Waals surface area contributed by atoms with Crippen LogP contribution in [0.3, 0.4) is 0 Å². The maximum absolute atomic E-state index is 13.6. The molecule has 1 aromatic carbocycles. The van der Waals surface area contributed by atoms with Crippen molar-refractivity contribution in [2.45, 2.75) is 6.42 Å². The molecule has 108 valence electrons. The summed E-state index contributed by atoms with van der Waals surface area (Å²) < 4.78 is 44.3. The van der Waals surface area contributed by atoms with E-state index in [1.165, 1.54) is 7.11 Å². The average molecular weight is 286 g/mol. The molecule has 0 spiro atoms. The number of methoxy groups -OCH3 is 1. The van der Waals surface area contributed by atoms with Crippen LogP contribution < -0.4 is 0 Å². The van der Waals surface area contributed by atoms with Crippen molar-refractivity contribution in [3.8, 4) is 6.07 Å². The van der Waals surface area contributed by atoms with Crippen LogP contribution in [-0.2, 0) is 4.74 Å². The monoisotopic (exact) mass is 286 g/mol. The summed E-state index contributed by atoms with van der Waals surface area (Å²) in [7, 11) is 1.42. The number of ether oxygens (including phenoxy) is 1. The van der Waals surface area contributed by atoms with E-state index in [9.17, 15) is 18.0 Å². The van der Waals surface area contributed by atoms with Gasteiger partial charge in [0.05, 0.1) is 24.7 Å². The van der Waals surface area contributed by atoms with E-state index >= 15 is 0 Å². The van der Waals surface area contributed by atoms with Crippen molar-refractivity contribution in [3.63, 3.8) is 0 Å². The Balaban J connectivity index is 2.99. The summed E-state index contributed by atoms with van der Waals surface area (Å²) in [5, 5.41) is 8.53. The second kappa shape index (κ2) is 7.50. The molecule has 1 amide bonds. The van der Waals surface area contributed by atoms with Crippen LogP contribution in [0.4, 0.5) is 13.2 Å². The third kappa shape index (κ3) is 3.71. The summed E-state index contributed by atoms with van der Waals surface area (Å²) in [6.45, 7) is 0.356. The Morgan fingerprint density at radius 1 is 1.30 bits per heavy atom. The van der Waals surface area contributed by atoms with E-state index in [-0.39, 0.29) is 26.1 Å². The van der Waals surface area contributed by atoms with Gasteiger partial charge in [-0.25, -0.2) is 13.2 Å². The van der Waals surface area contributed by atoms with Crippen LogP contribution in [0.25, 0.3) is 0 Å². The van der Waals surface area contributed by atoms with Crippen LogP contribution >= 0.6 is 0 Å². The number of hydrogen-bond acceptors (Lipinski definition) is 3. The number of halogens is 3. The molecule has 0 radical (unpaired) electrons. The first-order valence-electron chi connectivity index (χ1n) is 5.81. The molecular weight excluding hydrogens is 273 g/mol. The van der Waals surface area contributed by atoms with E-state index in [0.29, 0.717) is 6.07 Å². The first kappa shape index (κ1) is 16.0. The summed E-state index contributed by atoms with van der Waals surface area (Å²) in [5.74, 6) is -5.40. The lowest BCUT2D eigenvalue weighted by Crippen LogP contribution is -2.35. The number of rotatable bonds is 6. The van der Waals surface area contributed by atoms with E-state index < -0.39 is 28.9 Å². The smallest absolute Gasteiger partial charge is 0.257 e. The van der Waals surface area contributed by atoms with Gasteiger partial charge in [-0.05, 0) is 12.1 Å². The number of nitriles is 1. The van der Waals surface area contributed by atoms with Gasteiger partial charge in [0.15, 0.2) is 17.5 Å². The van der Waals surface area contributed by atoms with Crippen molar-refractivity contribution in [3.05, 3.63) is 35.1 Å². The second-order valence-electron chi connectivity index (χ2n) is 3.92. The topological polar surface area (TPSA) is 53.3 Å². The highest BCUT2D eigenvalue weighted by Gasteiger charge is 2.23. The van der Waals surface area contributed by atoms with Crippen molar-refractivity contribution in [2.75, 3.05) is 26.8 Å². The molecule has 0 N–H and O–H groups in total. The zero-order valence-electron chi connectivity index (χ0n) is 10.8. The van der Waals surface area contributed by atoms with Crippen LogP contribution in [-0.4, -0.2) is 37.6 Å². The average Bonchev–Trinajstić information content (AvgIpc) is 2.44. The lowest BCUT2D eigenvalue weighted by molar-refractivity contribution is 0.0694. The minimum absolute atomic E-state index is 0.0424. The zero-order chi connectivity index (χ0) is 15.1. The van der Waals surface area contributed by atoms with Gasteiger partial charge in [-0.1, -0.05) is 0 Å². The molecule has 0 saturated carbocycles. The Kier molecular flexibility index (Phi) is 6.00. The van der Waals surface area contributed by atoms with Crippen molar-refractivity contribution in [1.82, 2.24) is 4.90 Å². The van der Waals surface area contributed by atoms with Crippen molar-refractivity contribution < 1.29 is 22.7 Å². The summed E-state index contributed by atoms with van der Waals surface area (Å²) in [6, 6.07) is 3.42. The molecule has 0 aliphatic carbocycles. The van der Waals surface area contributed by atoms with Crippen molar-refractivity contribution in [2.24, 2.45) is 0 Å². The molecule has 1 aromatic rings. The van der Waals surface area contributed by atoms with Gasteiger partial charge in [0.25, 0.3) is 5.91 Å². The fourth-order valence-electron chi connectivity index (χ4n) is 1.56. The van der Waals surface area contributed by atoms with Gasteiger partial charge < -0.3 is 9.64 Å². The maximum atomic E-state index is 13.6. The predicted octanol–water partition coefficient (Wildman–Crippen LogP) is 2.11. The summed E-state index contributed by atoms with van der Waals surface area (Å²) in [4.78, 5) is 13.2. The van der Waals surface area contributed by atoms with Crippen molar-refractivity contribution in [1.29, 1.82) is 5.26 Å². The van der Waals surface area contributed by atoms with Crippen LogP contribution in [0.2, 0.25) is 0 Å². The normalized spacial score (nSPS) is 10.2. The maximum Gasteiger partial charge on any atom is 0.257 e. The number of carbonyl (C=O) groups is 1. The summed E-state index contributed by atoms with van der Waals surface area (Å²) in [5.41, 5.74) is -0.571. The Hall–Kier alpha value is -2.07. The predicted molar refractivity (Wildman–Crippen MR) is 64.3 cm³/mol. The van der Waals surface area contributed by atoms with Gasteiger partial charge in [0.2, 0.25) is 0 Å². The van der Waals surface area contributed by atoms with Crippen LogP contribution in [0.5, 0.6) is 0 Å². The fraction of sp³-hybridized carbons (Fsp3) is 0.385. The number of amides is 1. The van der Waals surface area contributed by atoms with E-state index in [1.807, 2.05) is 6.07 Å². The Bertz CT molecular complexity index is 529. The number of hydrogen-bond donors (Lipinski definition) is 0. The standard InChI is InChI=1S/C13H13F3N2O2/c1-20-8-7-18(6-2-5-17)13(19)9-3-4-10(14)12(16)11(9)15/h3-4H,2,6-8H2,1H3. The molecule has 0 bridgehead atoms. The van der Waals surface area contributed by atoms with Gasteiger partial charge in [0.1, 0.15) is 0 Å². The van der Waals surface area contributed by atoms with Crippen LogP contribution in [0, 0.1) is 28.8 Å². The molecule has 0 aliphatic heterocycles. The van der Waals surface area contributed by atoms with E-state index in [0.717, 1.165) is 11.0 Å². The summed E-state index contributed by atoms with van der Waals surface area (Å²) in [6.07, 6.45) is 0.0424. The highest BCUT2D eigenvalue weighted by Crippen LogP contribution is 2.17. The van der Waals surface area contributed by atoms with E-state index in [1.54, 1.807) is 0 Å². The molecule has 0 aromatic heterocycles. The van der Waals surface area contributed by atoms with E-state index in [4.69, 9.17) is 10.00 Å². The number of carbonyl (C=O) groups excluding carboxylic acids is 1. The number of nitrogens with zero attached hydrogens (tertiary/aromatic N) is 2. The molecule has 7 heteroatoms. The lowest BCUT2D eigenvalue weighted by atomic mass is 10.1. The fourth-order valence-corrected chi connectivity index (χ4v) is 1.56. The number of benzene rings is 1. The van der Waals surface area contributed by atoms with Crippen LogP contribution in [0.15, 0.2) is 12.1 Å². The van der Waals surface area contributed by atoms with Gasteiger partial charge in [0, 0.05) is 20.2 Å². The molecule has 0 aliphatic rings. The SMILES string of the molecule is COCCN(CCC#N)C(=O)c1ccc(F)c(F)c1F. The molecule has 0 fully saturated rings. The van der Waals surface area contributed by atoms with Gasteiger partial charge in [-0.2, -0.15) is 5.26 Å². The minimum atomic E-state index is -1.69. The molecule has 0 atom stereocenters. The second-order valence-corrected chi connectivity index (χ2v) is 3.92. The molecule has 0 heterocycles.